The molecule has 4 heterocycles. The van der Waals surface area contributed by atoms with Crippen LogP contribution < -0.4 is 22.1 Å². The number of carbonyl (C=O) groups excluding carboxylic acids is 2. The molecule has 37 heavy (non-hydrogen) atoms. The summed E-state index contributed by atoms with van der Waals surface area (Å²) in [5.41, 5.74) is 11.0. The molecule has 19 heteroatoms. The largest absolute Gasteiger partial charge is 0.477 e. The number of anilines is 1. The van der Waals surface area contributed by atoms with Crippen LogP contribution in [0.5, 0.6) is 0 Å². The zero-order chi connectivity index (χ0) is 26.5. The molecule has 0 spiro atoms. The fraction of sp³-hybridized carbons (Fsp3) is 0.444. The number of guanidine groups is 1. The zero-order valence-corrected chi connectivity index (χ0v) is 20.7. The Morgan fingerprint density at radius 2 is 2.14 bits per heavy atom. The summed E-state index contributed by atoms with van der Waals surface area (Å²) in [6.45, 7) is 1.53. The summed E-state index contributed by atoms with van der Waals surface area (Å²) in [5, 5.41) is 26.0. The number of halogens is 1. The Labute approximate surface area is 216 Å². The highest BCUT2D eigenvalue weighted by molar-refractivity contribution is 8.00. The molecule has 0 bridgehead atoms. The number of β-lactam (4-membered cyclic amide) rings is 1. The van der Waals surface area contributed by atoms with Crippen molar-refractivity contribution in [2.24, 2.45) is 21.1 Å². The highest BCUT2D eigenvalue weighted by Gasteiger charge is 2.54. The molecule has 1 aromatic heterocycles. The molecule has 0 aromatic carbocycles. The number of nitrogen functional groups attached to an aromatic ring is 1. The van der Waals surface area contributed by atoms with Crippen LogP contribution in [0.15, 0.2) is 26.6 Å². The summed E-state index contributed by atoms with van der Waals surface area (Å²) in [6.07, 6.45) is 1.25. The predicted molar refractivity (Wildman–Crippen MR) is 132 cm³/mol. The number of carboxylic acids is 1. The maximum Gasteiger partial charge on any atom is 0.353 e. The normalized spacial score (nSPS) is 22.7. The number of carboxylic acid groups (broad SMARTS) is 1. The second-order valence-corrected chi connectivity index (χ2v) is 9.50. The van der Waals surface area contributed by atoms with Crippen LogP contribution in [-0.4, -0.2) is 110 Å². The van der Waals surface area contributed by atoms with Gasteiger partial charge in [-0.25, -0.2) is 9.18 Å². The third-order valence-corrected chi connectivity index (χ3v) is 7.22. The number of alkyl halides is 1. The highest BCUT2D eigenvalue weighted by Crippen LogP contribution is 2.40. The second kappa shape index (κ2) is 11.5. The molecule has 0 aliphatic carbocycles. The molecule has 2 saturated heterocycles. The van der Waals surface area contributed by atoms with E-state index in [0.29, 0.717) is 13.1 Å². The van der Waals surface area contributed by atoms with Crippen LogP contribution in [0.1, 0.15) is 5.82 Å². The Hall–Kier alpha value is -3.84. The molecule has 4 rings (SSSR count). The third-order valence-electron chi connectivity index (χ3n) is 5.37. The van der Waals surface area contributed by atoms with Crippen molar-refractivity contribution >= 4 is 64.1 Å². The van der Waals surface area contributed by atoms with Gasteiger partial charge in [-0.15, -0.1) is 16.9 Å². The maximum absolute atomic E-state index is 12.9. The lowest BCUT2D eigenvalue weighted by molar-refractivity contribution is -0.150. The molecule has 3 aliphatic heterocycles. The summed E-state index contributed by atoms with van der Waals surface area (Å²) >= 11 is 1.99. The summed E-state index contributed by atoms with van der Waals surface area (Å²) in [7, 11) is 0. The Morgan fingerprint density at radius 3 is 2.78 bits per heavy atom. The van der Waals surface area contributed by atoms with Crippen molar-refractivity contribution in [3.8, 4) is 0 Å². The fourth-order valence-electron chi connectivity index (χ4n) is 3.67. The van der Waals surface area contributed by atoms with Crippen LogP contribution in [0, 0.1) is 0 Å². The smallest absolute Gasteiger partial charge is 0.353 e. The lowest BCUT2D eigenvalue weighted by Crippen LogP contribution is -2.71. The van der Waals surface area contributed by atoms with Crippen LogP contribution in [0.3, 0.4) is 0 Å². The molecule has 1 aromatic rings. The first-order valence-corrected chi connectivity index (χ1v) is 12.5. The second-order valence-electron chi connectivity index (χ2n) is 7.61. The van der Waals surface area contributed by atoms with Crippen LogP contribution >= 0.6 is 23.3 Å². The van der Waals surface area contributed by atoms with E-state index in [1.165, 1.54) is 18.0 Å². The number of piperazine rings is 1. The van der Waals surface area contributed by atoms with Gasteiger partial charge in [-0.3, -0.25) is 14.5 Å². The number of carbonyl (C=O) groups is 3. The Balaban J connectivity index is 1.48. The molecule has 0 radical (unpaired) electrons. The lowest BCUT2D eigenvalue weighted by atomic mass is 10.0. The van der Waals surface area contributed by atoms with E-state index >= 15 is 0 Å². The number of nitrogens with zero attached hydrogens (tertiary/aromatic N) is 7. The standard InChI is InChI=1S/C18H22FN11O5S2/c19-7-35-27-9(12-25-18(21)37-28-12)13(31)24-10-14(32)30-11(16(33)34)8(6-36-15(10)30)5-23-26-17(20)29-3-1-22-2-4-29/h5,10,15,22H,1-4,6-7H2,(H2,20,26)(H,24,31)(H,33,34)(H2,21,25,28). The molecule has 198 valence electrons. The average molecular weight is 556 g/mol. The number of nitrogens with two attached hydrogens (primary N) is 2. The first-order valence-electron chi connectivity index (χ1n) is 10.7. The predicted octanol–water partition coefficient (Wildman–Crippen LogP) is -2.29. The minimum absolute atomic E-state index is 0.0361. The van der Waals surface area contributed by atoms with Crippen LogP contribution in [0.2, 0.25) is 0 Å². The number of amides is 2. The van der Waals surface area contributed by atoms with Gasteiger partial charge < -0.3 is 36.9 Å². The number of aliphatic carboxylic acids is 1. The first kappa shape index (κ1) is 26.2. The van der Waals surface area contributed by atoms with E-state index in [2.05, 4.69) is 40.2 Å². The van der Waals surface area contributed by atoms with Gasteiger partial charge in [-0.1, -0.05) is 5.16 Å². The van der Waals surface area contributed by atoms with Gasteiger partial charge in [-0.05, 0) is 0 Å². The summed E-state index contributed by atoms with van der Waals surface area (Å²) in [4.78, 5) is 48.7. The maximum atomic E-state index is 12.9. The van der Waals surface area contributed by atoms with Crippen molar-refractivity contribution in [3.05, 3.63) is 17.1 Å². The fourth-order valence-corrected chi connectivity index (χ4v) is 5.40. The van der Waals surface area contributed by atoms with Gasteiger partial charge in [0.05, 0.1) is 6.21 Å². The molecular weight excluding hydrogens is 533 g/mol. The molecule has 2 amide bonds. The molecular formula is C18H22FN11O5S2. The highest BCUT2D eigenvalue weighted by atomic mass is 32.2. The lowest BCUT2D eigenvalue weighted by Gasteiger charge is -2.49. The average Bonchev–Trinajstić information content (AvgIpc) is 3.33. The quantitative estimate of drug-likeness (QED) is 0.0989. The van der Waals surface area contributed by atoms with E-state index in [4.69, 9.17) is 11.5 Å². The molecule has 2 unspecified atom stereocenters. The molecule has 0 saturated carbocycles. The first-order chi connectivity index (χ1) is 17.8. The van der Waals surface area contributed by atoms with Crippen LogP contribution in [0.4, 0.5) is 9.52 Å². The number of aromatic nitrogens is 2. The molecule has 7 N–H and O–H groups in total. The van der Waals surface area contributed by atoms with Crippen molar-refractivity contribution in [2.45, 2.75) is 11.4 Å². The van der Waals surface area contributed by atoms with E-state index in [1.807, 2.05) is 4.90 Å². The molecule has 3 aliphatic rings. The van der Waals surface area contributed by atoms with E-state index in [-0.39, 0.29) is 33.9 Å². The van der Waals surface area contributed by atoms with Crippen molar-refractivity contribution in [1.29, 1.82) is 0 Å². The Morgan fingerprint density at radius 1 is 1.38 bits per heavy atom. The number of thioether (sulfide) groups is 1. The summed E-state index contributed by atoms with van der Waals surface area (Å²) in [6, 6.07) is -1.08. The van der Waals surface area contributed by atoms with Crippen molar-refractivity contribution in [2.75, 3.05) is 44.5 Å². The van der Waals surface area contributed by atoms with Gasteiger partial charge in [0.25, 0.3) is 18.7 Å². The van der Waals surface area contributed by atoms with Gasteiger partial charge >= 0.3 is 5.97 Å². The zero-order valence-electron chi connectivity index (χ0n) is 19.0. The van der Waals surface area contributed by atoms with Crippen molar-refractivity contribution in [1.82, 2.24) is 29.8 Å². The van der Waals surface area contributed by atoms with E-state index < -0.39 is 41.8 Å². The van der Waals surface area contributed by atoms with Crippen LogP contribution in [0.25, 0.3) is 0 Å². The van der Waals surface area contributed by atoms with E-state index in [1.54, 1.807) is 0 Å². The SMILES string of the molecule is NC(=NN=CC1=C(C(=O)O)N2C(=O)C(NC(=O)C(=NOCF)c3nsc(N)n3)C2SC1)N1CCNCC1. The van der Waals surface area contributed by atoms with E-state index in [9.17, 15) is 23.9 Å². The molecule has 2 atom stereocenters. The minimum atomic E-state index is -1.34. The number of rotatable bonds is 8. The Kier molecular flexibility index (Phi) is 8.14. The molecule has 16 nitrogen and oxygen atoms in total. The van der Waals surface area contributed by atoms with Gasteiger partial charge in [0, 0.05) is 49.0 Å². The van der Waals surface area contributed by atoms with Crippen molar-refractivity contribution in [3.63, 3.8) is 0 Å². The summed E-state index contributed by atoms with van der Waals surface area (Å²) < 4.78 is 16.3. The monoisotopic (exact) mass is 555 g/mol. The minimum Gasteiger partial charge on any atom is -0.477 e. The molecule has 2 fully saturated rings. The van der Waals surface area contributed by atoms with Gasteiger partial charge in [-0.2, -0.15) is 14.5 Å². The summed E-state index contributed by atoms with van der Waals surface area (Å²) in [5.74, 6) is -2.77. The van der Waals surface area contributed by atoms with Gasteiger partial charge in [0.1, 0.15) is 17.1 Å². The number of fused-ring (bicyclic) bond motifs is 1. The van der Waals surface area contributed by atoms with E-state index in [0.717, 1.165) is 29.5 Å². The Bertz CT molecular complexity index is 1200. The van der Waals surface area contributed by atoms with Crippen molar-refractivity contribution < 1.29 is 28.7 Å². The number of hydrogen-bond acceptors (Lipinski definition) is 13. The number of hydrogen-bond donors (Lipinski definition) is 5. The number of oxime groups is 1. The third kappa shape index (κ3) is 5.62. The van der Waals surface area contributed by atoms with Gasteiger partial charge in [0.2, 0.25) is 17.5 Å². The topological polar surface area (TPSA) is 226 Å². The van der Waals surface area contributed by atoms with Crippen LogP contribution in [-0.2, 0) is 19.2 Å². The van der Waals surface area contributed by atoms with Gasteiger partial charge in [0.15, 0.2) is 5.13 Å². The number of nitrogens with one attached hydrogen (secondary N) is 2.